The number of hydrogen-bond acceptors (Lipinski definition) is 3. The van der Waals surface area contributed by atoms with Crippen LogP contribution in [0.3, 0.4) is 0 Å². The molecule has 1 aliphatic rings. The van der Waals surface area contributed by atoms with Crippen LogP contribution in [0.2, 0.25) is 0 Å². The van der Waals surface area contributed by atoms with Gasteiger partial charge in [-0.2, -0.15) is 0 Å². The normalized spacial score (nSPS) is 25.3. The summed E-state index contributed by atoms with van der Waals surface area (Å²) < 4.78 is 0. The van der Waals surface area contributed by atoms with Gasteiger partial charge in [0.05, 0.1) is 6.04 Å². The van der Waals surface area contributed by atoms with E-state index in [9.17, 15) is 4.79 Å². The highest BCUT2D eigenvalue weighted by atomic mass is 16.3. The molecule has 3 unspecified atom stereocenters. The summed E-state index contributed by atoms with van der Waals surface area (Å²) >= 11 is 0. The highest BCUT2D eigenvalue weighted by Crippen LogP contribution is 2.18. The number of aliphatic hydroxyl groups is 1. The maximum absolute atomic E-state index is 11.9. The Labute approximate surface area is 91.4 Å². The molecule has 0 aromatic rings. The van der Waals surface area contributed by atoms with Crippen LogP contribution in [0.15, 0.2) is 0 Å². The van der Waals surface area contributed by atoms with Crippen LogP contribution in [0.1, 0.15) is 26.7 Å². The Balaban J connectivity index is 2.47. The molecule has 3 N–H and O–H groups in total. The van der Waals surface area contributed by atoms with Crippen molar-refractivity contribution in [2.24, 2.45) is 17.6 Å². The Kier molecular flexibility index (Phi) is 4.54. The lowest BCUT2D eigenvalue weighted by molar-refractivity contribution is -0.132. The molecule has 1 aliphatic heterocycles. The van der Waals surface area contributed by atoms with Gasteiger partial charge in [-0.05, 0) is 12.3 Å². The Bertz CT molecular complexity index is 221. The van der Waals surface area contributed by atoms with Crippen LogP contribution in [-0.2, 0) is 4.79 Å². The molecule has 15 heavy (non-hydrogen) atoms. The topological polar surface area (TPSA) is 66.6 Å². The molecule has 1 amide bonds. The van der Waals surface area contributed by atoms with Gasteiger partial charge >= 0.3 is 0 Å². The Hall–Kier alpha value is -0.610. The van der Waals surface area contributed by atoms with Crippen molar-refractivity contribution in [1.29, 1.82) is 0 Å². The van der Waals surface area contributed by atoms with Gasteiger partial charge in [-0.15, -0.1) is 0 Å². The van der Waals surface area contributed by atoms with Gasteiger partial charge in [-0.25, -0.2) is 0 Å². The van der Waals surface area contributed by atoms with E-state index in [4.69, 9.17) is 10.8 Å². The summed E-state index contributed by atoms with van der Waals surface area (Å²) in [7, 11) is 0. The molecule has 1 fully saturated rings. The summed E-state index contributed by atoms with van der Waals surface area (Å²) in [4.78, 5) is 13.7. The molecule has 0 aliphatic carbocycles. The van der Waals surface area contributed by atoms with E-state index in [0.29, 0.717) is 6.54 Å². The van der Waals surface area contributed by atoms with Crippen LogP contribution in [0.4, 0.5) is 0 Å². The molecule has 0 aromatic carbocycles. The van der Waals surface area contributed by atoms with Crippen LogP contribution >= 0.6 is 0 Å². The molecule has 1 rings (SSSR count). The monoisotopic (exact) mass is 214 g/mol. The molecule has 1 saturated heterocycles. The van der Waals surface area contributed by atoms with Gasteiger partial charge in [0.25, 0.3) is 0 Å². The molecule has 0 radical (unpaired) electrons. The first-order valence-electron chi connectivity index (χ1n) is 5.75. The minimum Gasteiger partial charge on any atom is -0.396 e. The van der Waals surface area contributed by atoms with Crippen molar-refractivity contribution >= 4 is 5.91 Å². The lowest BCUT2D eigenvalue weighted by Gasteiger charge is -2.24. The number of nitrogens with zero attached hydrogens (tertiary/aromatic N) is 1. The number of carbonyl (C=O) groups is 1. The lowest BCUT2D eigenvalue weighted by atomic mass is 9.99. The van der Waals surface area contributed by atoms with Crippen molar-refractivity contribution < 1.29 is 9.90 Å². The van der Waals surface area contributed by atoms with Gasteiger partial charge in [0.2, 0.25) is 5.91 Å². The van der Waals surface area contributed by atoms with Crippen LogP contribution < -0.4 is 5.73 Å². The number of likely N-dealkylation sites (tertiary alicyclic amines) is 1. The summed E-state index contributed by atoms with van der Waals surface area (Å²) in [5, 5.41) is 8.99. The van der Waals surface area contributed by atoms with Crippen LogP contribution in [0.25, 0.3) is 0 Å². The van der Waals surface area contributed by atoms with Crippen LogP contribution in [-0.4, -0.2) is 41.7 Å². The van der Waals surface area contributed by atoms with Crippen molar-refractivity contribution in [2.75, 3.05) is 19.7 Å². The Morgan fingerprint density at radius 2 is 2.33 bits per heavy atom. The average Bonchev–Trinajstić information content (AvgIpc) is 2.74. The quantitative estimate of drug-likeness (QED) is 0.702. The zero-order chi connectivity index (χ0) is 11.4. The fourth-order valence-electron chi connectivity index (χ4n) is 1.89. The smallest absolute Gasteiger partial charge is 0.239 e. The van der Waals surface area contributed by atoms with E-state index in [-0.39, 0.29) is 30.4 Å². The molecular formula is C11H22N2O2. The standard InChI is InChI=1S/C11H22N2O2/c1-3-8(2)10(12)11(15)13-5-4-9(6-13)7-14/h8-10,14H,3-7,12H2,1-2H3. The van der Waals surface area contributed by atoms with E-state index >= 15 is 0 Å². The number of rotatable bonds is 4. The molecule has 1 heterocycles. The van der Waals surface area contributed by atoms with E-state index in [1.807, 2.05) is 13.8 Å². The minimum atomic E-state index is -0.382. The third kappa shape index (κ3) is 2.92. The number of carbonyl (C=O) groups excluding carboxylic acids is 1. The first-order valence-corrected chi connectivity index (χ1v) is 5.75. The highest BCUT2D eigenvalue weighted by molar-refractivity contribution is 5.82. The average molecular weight is 214 g/mol. The minimum absolute atomic E-state index is 0.0419. The second kappa shape index (κ2) is 5.47. The molecule has 4 heteroatoms. The molecule has 4 nitrogen and oxygen atoms in total. The number of hydrogen-bond donors (Lipinski definition) is 2. The van der Waals surface area contributed by atoms with Crippen LogP contribution in [0.5, 0.6) is 0 Å². The van der Waals surface area contributed by atoms with E-state index in [2.05, 4.69) is 0 Å². The zero-order valence-electron chi connectivity index (χ0n) is 9.65. The first-order chi connectivity index (χ1) is 7.10. The molecule has 0 aromatic heterocycles. The molecule has 0 bridgehead atoms. The van der Waals surface area contributed by atoms with Crippen molar-refractivity contribution in [3.8, 4) is 0 Å². The molecule has 0 saturated carbocycles. The van der Waals surface area contributed by atoms with E-state index in [1.54, 1.807) is 4.90 Å². The van der Waals surface area contributed by atoms with Crippen molar-refractivity contribution in [1.82, 2.24) is 4.90 Å². The van der Waals surface area contributed by atoms with Gasteiger partial charge in [0.15, 0.2) is 0 Å². The van der Waals surface area contributed by atoms with Gasteiger partial charge < -0.3 is 15.7 Å². The Morgan fingerprint density at radius 3 is 2.80 bits per heavy atom. The fraction of sp³-hybridized carbons (Fsp3) is 0.909. The summed E-state index contributed by atoms with van der Waals surface area (Å²) in [5.74, 6) is 0.518. The summed E-state index contributed by atoms with van der Waals surface area (Å²) in [5.41, 5.74) is 5.88. The predicted octanol–water partition coefficient (Wildman–Crippen LogP) is 0.201. The summed E-state index contributed by atoms with van der Waals surface area (Å²) in [6.07, 6.45) is 1.82. The lowest BCUT2D eigenvalue weighted by Crippen LogP contribution is -2.46. The maximum atomic E-state index is 11.9. The largest absolute Gasteiger partial charge is 0.396 e. The second-order valence-corrected chi connectivity index (χ2v) is 4.53. The number of amides is 1. The van der Waals surface area contributed by atoms with Gasteiger partial charge in [0, 0.05) is 25.6 Å². The summed E-state index contributed by atoms with van der Waals surface area (Å²) in [6, 6.07) is -0.382. The number of nitrogens with two attached hydrogens (primary N) is 1. The molecule has 88 valence electrons. The predicted molar refractivity (Wildman–Crippen MR) is 59.2 cm³/mol. The molecular weight excluding hydrogens is 192 g/mol. The highest BCUT2D eigenvalue weighted by Gasteiger charge is 2.30. The second-order valence-electron chi connectivity index (χ2n) is 4.53. The molecule has 0 spiro atoms. The SMILES string of the molecule is CCC(C)C(N)C(=O)N1CCC(CO)C1. The van der Waals surface area contributed by atoms with Crippen molar-refractivity contribution in [3.63, 3.8) is 0 Å². The first kappa shape index (κ1) is 12.5. The fourth-order valence-corrected chi connectivity index (χ4v) is 1.89. The molecule has 3 atom stereocenters. The third-order valence-electron chi connectivity index (χ3n) is 3.40. The maximum Gasteiger partial charge on any atom is 0.239 e. The number of aliphatic hydroxyl groups excluding tert-OH is 1. The van der Waals surface area contributed by atoms with Gasteiger partial charge in [-0.3, -0.25) is 4.79 Å². The van der Waals surface area contributed by atoms with Gasteiger partial charge in [-0.1, -0.05) is 20.3 Å². The van der Waals surface area contributed by atoms with Crippen LogP contribution in [0, 0.1) is 11.8 Å². The van der Waals surface area contributed by atoms with Crippen molar-refractivity contribution in [2.45, 2.75) is 32.7 Å². The van der Waals surface area contributed by atoms with Gasteiger partial charge in [0.1, 0.15) is 0 Å². The van der Waals surface area contributed by atoms with E-state index in [1.165, 1.54) is 0 Å². The van der Waals surface area contributed by atoms with E-state index < -0.39 is 0 Å². The third-order valence-corrected chi connectivity index (χ3v) is 3.40. The zero-order valence-corrected chi connectivity index (χ0v) is 9.65. The summed E-state index contributed by atoms with van der Waals surface area (Å²) in [6.45, 7) is 5.62. The Morgan fingerprint density at radius 1 is 1.67 bits per heavy atom. The van der Waals surface area contributed by atoms with Crippen molar-refractivity contribution in [3.05, 3.63) is 0 Å². The van der Waals surface area contributed by atoms with E-state index in [0.717, 1.165) is 19.4 Å².